The Kier molecular flexibility index (Phi) is 2.90. The molecule has 0 radical (unpaired) electrons. The summed E-state index contributed by atoms with van der Waals surface area (Å²) in [6.45, 7) is 1.36. The van der Waals surface area contributed by atoms with Gasteiger partial charge in [-0.25, -0.2) is 0 Å². The zero-order valence-corrected chi connectivity index (χ0v) is 8.96. The molecule has 1 amide bonds. The minimum atomic E-state index is -0.780. The Hall–Kier alpha value is -1.36. The molecule has 0 atom stereocenters. The van der Waals surface area contributed by atoms with Gasteiger partial charge in [0.15, 0.2) is 5.78 Å². The smallest absolute Gasteiger partial charge is 0.253 e. The number of nitrogens with two attached hydrogens (primary N) is 1. The lowest BCUT2D eigenvalue weighted by molar-refractivity contribution is 0.0997. The first-order chi connectivity index (χ1) is 6.45. The SMILES string of the molecule is CC(=O)c1ccc(O)c(C(N)=O)c1Br. The molecule has 1 rings (SSSR count). The number of halogens is 1. The van der Waals surface area contributed by atoms with Crippen molar-refractivity contribution in [1.82, 2.24) is 0 Å². The van der Waals surface area contributed by atoms with Crippen molar-refractivity contribution in [1.29, 1.82) is 0 Å². The monoisotopic (exact) mass is 257 g/mol. The third-order valence-corrected chi connectivity index (χ3v) is 2.57. The lowest BCUT2D eigenvalue weighted by Gasteiger charge is -2.06. The number of phenols is 1. The number of ketones is 1. The fourth-order valence-corrected chi connectivity index (χ4v) is 1.88. The first kappa shape index (κ1) is 10.7. The maximum atomic E-state index is 11.1. The van der Waals surface area contributed by atoms with Crippen LogP contribution in [0.1, 0.15) is 27.6 Å². The molecule has 0 unspecified atom stereocenters. The Labute approximate surface area is 88.9 Å². The summed E-state index contributed by atoms with van der Waals surface area (Å²) in [7, 11) is 0. The number of hydrogen-bond donors (Lipinski definition) is 2. The van der Waals surface area contributed by atoms with Crippen LogP contribution in [0.15, 0.2) is 16.6 Å². The summed E-state index contributed by atoms with van der Waals surface area (Å²) in [6.07, 6.45) is 0. The van der Waals surface area contributed by atoms with E-state index in [0.717, 1.165) is 0 Å². The zero-order chi connectivity index (χ0) is 10.9. The maximum Gasteiger partial charge on any atom is 0.253 e. The molecule has 1 aromatic rings. The molecule has 0 bridgehead atoms. The van der Waals surface area contributed by atoms with Gasteiger partial charge in [0.2, 0.25) is 0 Å². The normalized spacial score (nSPS) is 9.86. The van der Waals surface area contributed by atoms with Crippen molar-refractivity contribution in [3.05, 3.63) is 27.7 Å². The summed E-state index contributed by atoms with van der Waals surface area (Å²) in [4.78, 5) is 22.0. The first-order valence-corrected chi connectivity index (χ1v) is 4.56. The number of aromatic hydroxyl groups is 1. The van der Waals surface area contributed by atoms with E-state index in [-0.39, 0.29) is 21.6 Å². The summed E-state index contributed by atoms with van der Waals surface area (Å²) in [6, 6.07) is 2.69. The third kappa shape index (κ3) is 1.77. The van der Waals surface area contributed by atoms with Crippen LogP contribution in [0.3, 0.4) is 0 Å². The van der Waals surface area contributed by atoms with Gasteiger partial charge in [-0.1, -0.05) is 0 Å². The lowest BCUT2D eigenvalue weighted by atomic mass is 10.1. The molecule has 0 aromatic heterocycles. The molecule has 74 valence electrons. The standard InChI is InChI=1S/C9H8BrNO3/c1-4(12)5-2-3-6(13)7(8(5)10)9(11)14/h2-3,13H,1H3,(H2,11,14). The van der Waals surface area contributed by atoms with Gasteiger partial charge >= 0.3 is 0 Å². The minimum Gasteiger partial charge on any atom is -0.507 e. The molecule has 1 aromatic carbocycles. The van der Waals surface area contributed by atoms with Crippen molar-refractivity contribution in [2.24, 2.45) is 5.73 Å². The molecule has 0 spiro atoms. The van der Waals surface area contributed by atoms with Gasteiger partial charge in [-0.3, -0.25) is 9.59 Å². The number of benzene rings is 1. The summed E-state index contributed by atoms with van der Waals surface area (Å²) in [5, 5.41) is 9.33. The van der Waals surface area contributed by atoms with Crippen molar-refractivity contribution < 1.29 is 14.7 Å². The largest absolute Gasteiger partial charge is 0.507 e. The molecule has 0 aliphatic rings. The van der Waals surface area contributed by atoms with Crippen LogP contribution in [0.5, 0.6) is 5.75 Å². The van der Waals surface area contributed by atoms with E-state index >= 15 is 0 Å². The molecular formula is C9H8BrNO3. The Morgan fingerprint density at radius 3 is 2.43 bits per heavy atom. The number of carbonyl (C=O) groups excluding carboxylic acids is 2. The van der Waals surface area contributed by atoms with Crippen molar-refractivity contribution in [2.45, 2.75) is 6.92 Å². The highest BCUT2D eigenvalue weighted by Gasteiger charge is 2.17. The molecule has 3 N–H and O–H groups in total. The highest BCUT2D eigenvalue weighted by molar-refractivity contribution is 9.10. The molecule has 5 heteroatoms. The molecule has 14 heavy (non-hydrogen) atoms. The number of carbonyl (C=O) groups is 2. The highest BCUT2D eigenvalue weighted by atomic mass is 79.9. The predicted molar refractivity (Wildman–Crippen MR) is 54.3 cm³/mol. The van der Waals surface area contributed by atoms with E-state index in [4.69, 9.17) is 5.73 Å². The van der Waals surface area contributed by atoms with Gasteiger partial charge in [0.25, 0.3) is 5.91 Å². The number of hydrogen-bond acceptors (Lipinski definition) is 3. The van der Waals surface area contributed by atoms with Gasteiger partial charge < -0.3 is 10.8 Å². The van der Waals surface area contributed by atoms with E-state index < -0.39 is 5.91 Å². The van der Waals surface area contributed by atoms with Crippen LogP contribution >= 0.6 is 15.9 Å². The fraction of sp³-hybridized carbons (Fsp3) is 0.111. The van der Waals surface area contributed by atoms with Crippen LogP contribution < -0.4 is 5.73 Å². The van der Waals surface area contributed by atoms with Crippen LogP contribution in [-0.2, 0) is 0 Å². The first-order valence-electron chi connectivity index (χ1n) is 3.77. The molecule has 0 aliphatic heterocycles. The van der Waals surface area contributed by atoms with Crippen molar-refractivity contribution in [2.75, 3.05) is 0 Å². The highest BCUT2D eigenvalue weighted by Crippen LogP contribution is 2.29. The van der Waals surface area contributed by atoms with Crippen LogP contribution in [0.25, 0.3) is 0 Å². The number of Topliss-reactive ketones (excluding diaryl/α,β-unsaturated/α-hetero) is 1. The van der Waals surface area contributed by atoms with E-state index in [0.29, 0.717) is 5.56 Å². The molecule has 0 fully saturated rings. The Morgan fingerprint density at radius 1 is 1.43 bits per heavy atom. The second-order valence-electron chi connectivity index (χ2n) is 2.74. The third-order valence-electron chi connectivity index (χ3n) is 1.75. The van der Waals surface area contributed by atoms with Crippen LogP contribution in [0.2, 0.25) is 0 Å². The second-order valence-corrected chi connectivity index (χ2v) is 3.53. The molecule has 4 nitrogen and oxygen atoms in total. The quantitative estimate of drug-likeness (QED) is 0.788. The summed E-state index contributed by atoms with van der Waals surface area (Å²) in [5.41, 5.74) is 5.29. The summed E-state index contributed by atoms with van der Waals surface area (Å²) < 4.78 is 0.234. The number of rotatable bonds is 2. The molecule has 0 saturated carbocycles. The molecule has 0 saturated heterocycles. The van der Waals surface area contributed by atoms with Gasteiger partial charge in [0.1, 0.15) is 5.75 Å². The van der Waals surface area contributed by atoms with Crippen molar-refractivity contribution >= 4 is 27.6 Å². The second kappa shape index (κ2) is 3.79. The van der Waals surface area contributed by atoms with E-state index in [1.807, 2.05) is 0 Å². The van der Waals surface area contributed by atoms with Crippen LogP contribution in [0.4, 0.5) is 0 Å². The zero-order valence-electron chi connectivity index (χ0n) is 7.37. The molecular weight excluding hydrogens is 250 g/mol. The van der Waals surface area contributed by atoms with Crippen LogP contribution in [-0.4, -0.2) is 16.8 Å². The van der Waals surface area contributed by atoms with Gasteiger partial charge in [-0.2, -0.15) is 0 Å². The summed E-state index contributed by atoms with van der Waals surface area (Å²) >= 11 is 3.05. The van der Waals surface area contributed by atoms with Crippen molar-refractivity contribution in [3.8, 4) is 5.75 Å². The minimum absolute atomic E-state index is 0.0716. The van der Waals surface area contributed by atoms with Gasteiger partial charge in [-0.15, -0.1) is 0 Å². The fourth-order valence-electron chi connectivity index (χ4n) is 1.07. The van der Waals surface area contributed by atoms with Crippen molar-refractivity contribution in [3.63, 3.8) is 0 Å². The Bertz CT molecular complexity index is 415. The van der Waals surface area contributed by atoms with E-state index in [9.17, 15) is 14.7 Å². The van der Waals surface area contributed by atoms with E-state index in [1.165, 1.54) is 19.1 Å². The number of primary amides is 1. The van der Waals surface area contributed by atoms with E-state index in [1.54, 1.807) is 0 Å². The predicted octanol–water partition coefficient (Wildman–Crippen LogP) is 1.46. The average molecular weight is 258 g/mol. The molecule has 0 heterocycles. The lowest BCUT2D eigenvalue weighted by Crippen LogP contribution is -2.13. The topological polar surface area (TPSA) is 80.4 Å². The average Bonchev–Trinajstić information content (AvgIpc) is 2.02. The number of amides is 1. The van der Waals surface area contributed by atoms with Gasteiger partial charge in [0.05, 0.1) is 5.56 Å². The molecule has 0 aliphatic carbocycles. The maximum absolute atomic E-state index is 11.1. The van der Waals surface area contributed by atoms with Crippen LogP contribution in [0, 0.1) is 0 Å². The Balaban J connectivity index is 3.49. The van der Waals surface area contributed by atoms with E-state index in [2.05, 4.69) is 15.9 Å². The summed E-state index contributed by atoms with van der Waals surface area (Å²) in [5.74, 6) is -1.23. The van der Waals surface area contributed by atoms with Gasteiger partial charge in [0, 0.05) is 10.0 Å². The Morgan fingerprint density at radius 2 is 2.00 bits per heavy atom. The van der Waals surface area contributed by atoms with Gasteiger partial charge in [-0.05, 0) is 35.0 Å².